The number of piperazine rings is 1. The van der Waals surface area contributed by atoms with E-state index in [1.54, 1.807) is 0 Å². The van der Waals surface area contributed by atoms with Crippen LogP contribution in [0.5, 0.6) is 0 Å². The fourth-order valence-corrected chi connectivity index (χ4v) is 4.12. The number of nitrogens with zero attached hydrogens (tertiary/aromatic N) is 1. The van der Waals surface area contributed by atoms with Crippen LogP contribution in [0.15, 0.2) is 30.3 Å². The zero-order valence-electron chi connectivity index (χ0n) is 13.6. The number of rotatable bonds is 3. The molecule has 1 heterocycles. The van der Waals surface area contributed by atoms with E-state index in [1.165, 1.54) is 44.2 Å². The third kappa shape index (κ3) is 3.67. The molecule has 21 heavy (non-hydrogen) atoms. The van der Waals surface area contributed by atoms with Crippen molar-refractivity contribution in [1.82, 2.24) is 10.2 Å². The molecule has 2 nitrogen and oxygen atoms in total. The largest absolute Gasteiger partial charge is 0.311 e. The Morgan fingerprint density at radius 3 is 2.52 bits per heavy atom. The molecule has 2 heteroatoms. The molecule has 3 rings (SSSR count). The molecule has 0 radical (unpaired) electrons. The van der Waals surface area contributed by atoms with Gasteiger partial charge in [0.15, 0.2) is 0 Å². The van der Waals surface area contributed by atoms with Gasteiger partial charge in [-0.1, -0.05) is 49.6 Å². The summed E-state index contributed by atoms with van der Waals surface area (Å²) >= 11 is 0. The predicted octanol–water partition coefficient (Wildman–Crippen LogP) is 3.61. The van der Waals surface area contributed by atoms with Crippen LogP contribution in [-0.2, 0) is 6.42 Å². The molecule has 1 saturated carbocycles. The molecular weight excluding hydrogens is 256 g/mol. The lowest BCUT2D eigenvalue weighted by atomic mass is 9.87. The van der Waals surface area contributed by atoms with Crippen LogP contribution in [0.3, 0.4) is 0 Å². The maximum atomic E-state index is 3.79. The number of nitrogens with one attached hydrogen (secondary N) is 1. The van der Waals surface area contributed by atoms with Gasteiger partial charge in [-0.2, -0.15) is 0 Å². The van der Waals surface area contributed by atoms with Crippen LogP contribution in [0.4, 0.5) is 0 Å². The summed E-state index contributed by atoms with van der Waals surface area (Å²) in [5, 5.41) is 3.79. The lowest BCUT2D eigenvalue weighted by Gasteiger charge is -2.51. The molecule has 0 amide bonds. The SMILES string of the molecule is CC1(C)CNC(Cc2ccccc2)CN1C1CCCCC1. The number of hydrogen-bond donors (Lipinski definition) is 1. The molecular formula is C19H30N2. The van der Waals surface area contributed by atoms with E-state index in [0.29, 0.717) is 11.6 Å². The van der Waals surface area contributed by atoms with Crippen LogP contribution in [0, 0.1) is 0 Å². The highest BCUT2D eigenvalue weighted by Gasteiger charge is 2.38. The van der Waals surface area contributed by atoms with Crippen LogP contribution in [0.1, 0.15) is 51.5 Å². The van der Waals surface area contributed by atoms with E-state index in [9.17, 15) is 0 Å². The molecule has 1 aromatic carbocycles. The molecule has 2 fully saturated rings. The van der Waals surface area contributed by atoms with Crippen LogP contribution in [-0.4, -0.2) is 35.6 Å². The first-order valence-electron chi connectivity index (χ1n) is 8.69. The Labute approximate surface area is 129 Å². The van der Waals surface area contributed by atoms with Gasteiger partial charge in [-0.25, -0.2) is 0 Å². The van der Waals surface area contributed by atoms with E-state index >= 15 is 0 Å². The quantitative estimate of drug-likeness (QED) is 0.913. The second-order valence-corrected chi connectivity index (χ2v) is 7.52. The van der Waals surface area contributed by atoms with Gasteiger partial charge in [0.05, 0.1) is 0 Å². The van der Waals surface area contributed by atoms with Crippen LogP contribution in [0.2, 0.25) is 0 Å². The molecule has 0 spiro atoms. The Morgan fingerprint density at radius 1 is 1.10 bits per heavy atom. The second-order valence-electron chi connectivity index (χ2n) is 7.52. The smallest absolute Gasteiger partial charge is 0.0281 e. The van der Waals surface area contributed by atoms with Crippen molar-refractivity contribution in [2.24, 2.45) is 0 Å². The van der Waals surface area contributed by atoms with Gasteiger partial charge in [0.1, 0.15) is 0 Å². The summed E-state index contributed by atoms with van der Waals surface area (Å²) in [5.74, 6) is 0. The van der Waals surface area contributed by atoms with Gasteiger partial charge in [-0.05, 0) is 38.7 Å². The van der Waals surface area contributed by atoms with Crippen molar-refractivity contribution in [2.45, 2.75) is 70.0 Å². The van der Waals surface area contributed by atoms with E-state index < -0.39 is 0 Å². The predicted molar refractivity (Wildman–Crippen MR) is 89.6 cm³/mol. The van der Waals surface area contributed by atoms with Gasteiger partial charge in [0, 0.05) is 30.7 Å². The monoisotopic (exact) mass is 286 g/mol. The number of benzene rings is 1. The molecule has 1 aliphatic heterocycles. The van der Waals surface area contributed by atoms with Gasteiger partial charge >= 0.3 is 0 Å². The van der Waals surface area contributed by atoms with Crippen LogP contribution in [0.25, 0.3) is 0 Å². The highest BCUT2D eigenvalue weighted by atomic mass is 15.3. The molecule has 116 valence electrons. The van der Waals surface area contributed by atoms with Crippen molar-refractivity contribution in [1.29, 1.82) is 0 Å². The lowest BCUT2D eigenvalue weighted by Crippen LogP contribution is -2.65. The average molecular weight is 286 g/mol. The van der Waals surface area contributed by atoms with E-state index in [0.717, 1.165) is 19.0 Å². The summed E-state index contributed by atoms with van der Waals surface area (Å²) in [6.45, 7) is 7.13. The molecule has 1 N–H and O–H groups in total. The zero-order valence-corrected chi connectivity index (χ0v) is 13.6. The molecule has 1 unspecified atom stereocenters. The summed E-state index contributed by atoms with van der Waals surface area (Å²) < 4.78 is 0. The fraction of sp³-hybridized carbons (Fsp3) is 0.684. The first-order valence-corrected chi connectivity index (χ1v) is 8.69. The minimum atomic E-state index is 0.301. The van der Waals surface area contributed by atoms with Gasteiger partial charge in [-0.15, -0.1) is 0 Å². The molecule has 1 saturated heterocycles. The van der Waals surface area contributed by atoms with Crippen molar-refractivity contribution in [2.75, 3.05) is 13.1 Å². The third-order valence-electron chi connectivity index (χ3n) is 5.36. The molecule has 1 aliphatic carbocycles. The molecule has 2 aliphatic rings. The standard InChI is InChI=1S/C19H30N2/c1-19(2)15-20-17(13-16-9-5-3-6-10-16)14-21(19)18-11-7-4-8-12-18/h3,5-6,9-10,17-18,20H,4,7-8,11-15H2,1-2H3. The molecule has 0 bridgehead atoms. The summed E-state index contributed by atoms with van der Waals surface area (Å²) in [7, 11) is 0. The maximum Gasteiger partial charge on any atom is 0.0281 e. The molecule has 0 aromatic heterocycles. The van der Waals surface area contributed by atoms with Gasteiger partial charge in [0.25, 0.3) is 0 Å². The van der Waals surface area contributed by atoms with Gasteiger partial charge < -0.3 is 5.32 Å². The Kier molecular flexibility index (Phi) is 4.66. The third-order valence-corrected chi connectivity index (χ3v) is 5.36. The summed E-state index contributed by atoms with van der Waals surface area (Å²) in [5.41, 5.74) is 1.76. The Morgan fingerprint density at radius 2 is 1.81 bits per heavy atom. The minimum Gasteiger partial charge on any atom is -0.311 e. The summed E-state index contributed by atoms with van der Waals surface area (Å²) in [6.07, 6.45) is 8.25. The first-order chi connectivity index (χ1) is 10.1. The molecule has 1 atom stereocenters. The average Bonchev–Trinajstić information content (AvgIpc) is 2.51. The van der Waals surface area contributed by atoms with E-state index in [-0.39, 0.29) is 0 Å². The summed E-state index contributed by atoms with van der Waals surface area (Å²) in [4.78, 5) is 2.82. The highest BCUT2D eigenvalue weighted by molar-refractivity contribution is 5.16. The van der Waals surface area contributed by atoms with Crippen molar-refractivity contribution >= 4 is 0 Å². The first kappa shape index (κ1) is 15.1. The Hall–Kier alpha value is -0.860. The van der Waals surface area contributed by atoms with E-state index in [2.05, 4.69) is 54.4 Å². The zero-order chi connectivity index (χ0) is 14.7. The lowest BCUT2D eigenvalue weighted by molar-refractivity contribution is 0.0106. The Bertz CT molecular complexity index is 434. The maximum absolute atomic E-state index is 3.79. The normalized spacial score (nSPS) is 27.6. The van der Waals surface area contributed by atoms with Crippen LogP contribution < -0.4 is 5.32 Å². The molecule has 1 aromatic rings. The summed E-state index contributed by atoms with van der Waals surface area (Å²) in [6, 6.07) is 12.3. The number of hydrogen-bond acceptors (Lipinski definition) is 2. The minimum absolute atomic E-state index is 0.301. The van der Waals surface area contributed by atoms with Gasteiger partial charge in [0.2, 0.25) is 0 Å². The highest BCUT2D eigenvalue weighted by Crippen LogP contribution is 2.30. The Balaban J connectivity index is 1.66. The van der Waals surface area contributed by atoms with Crippen LogP contribution >= 0.6 is 0 Å². The van der Waals surface area contributed by atoms with Crippen molar-refractivity contribution in [3.05, 3.63) is 35.9 Å². The van der Waals surface area contributed by atoms with E-state index in [1.807, 2.05) is 0 Å². The van der Waals surface area contributed by atoms with Crippen molar-refractivity contribution in [3.63, 3.8) is 0 Å². The van der Waals surface area contributed by atoms with Crippen molar-refractivity contribution < 1.29 is 0 Å². The second kappa shape index (κ2) is 6.50. The van der Waals surface area contributed by atoms with Crippen molar-refractivity contribution in [3.8, 4) is 0 Å². The van der Waals surface area contributed by atoms with Gasteiger partial charge in [-0.3, -0.25) is 4.90 Å². The van der Waals surface area contributed by atoms with E-state index in [4.69, 9.17) is 0 Å². The topological polar surface area (TPSA) is 15.3 Å². The fourth-order valence-electron chi connectivity index (χ4n) is 4.12.